The zero-order valence-corrected chi connectivity index (χ0v) is 31.7. The Morgan fingerprint density at radius 2 is 0.926 bits per heavy atom. The molecule has 22 heteroatoms. The van der Waals surface area contributed by atoms with Gasteiger partial charge in [0.2, 0.25) is 47.3 Å². The van der Waals surface area contributed by atoms with Crippen molar-refractivity contribution in [2.24, 2.45) is 34.6 Å². The van der Waals surface area contributed by atoms with Gasteiger partial charge in [-0.25, -0.2) is 0 Å². The maximum Gasteiger partial charge on any atom is 0.245 e. The van der Waals surface area contributed by atoms with Gasteiger partial charge in [-0.3, -0.25) is 38.4 Å². The van der Waals surface area contributed by atoms with Gasteiger partial charge in [-0.15, -0.1) is 0 Å². The number of likely N-dealkylation sites (N-methyl/N-ethyl adjacent to an activating group) is 1. The summed E-state index contributed by atoms with van der Waals surface area (Å²) in [6.07, 6.45) is -1.01. The number of hydrogen-bond acceptors (Lipinski definition) is 14. The molecule has 0 aliphatic rings. The van der Waals surface area contributed by atoms with Gasteiger partial charge in [-0.1, -0.05) is 13.8 Å². The fourth-order valence-electron chi connectivity index (χ4n) is 4.89. The first-order valence-corrected chi connectivity index (χ1v) is 18.0. The van der Waals surface area contributed by atoms with Crippen molar-refractivity contribution in [2.75, 3.05) is 45.8 Å². The van der Waals surface area contributed by atoms with Crippen molar-refractivity contribution in [1.29, 1.82) is 0 Å². The molecule has 0 spiro atoms. The highest BCUT2D eigenvalue weighted by molar-refractivity contribution is 5.96. The number of hydrogen-bond donors (Lipinski definition) is 14. The van der Waals surface area contributed by atoms with Crippen molar-refractivity contribution in [3.63, 3.8) is 0 Å². The molecule has 7 atom stereocenters. The standard InChI is InChI=1S/C32H63N13O9/c1-5-38-32(54)26(18(4)46)45-30(52)22(9-13-36)43-29(51)21(8-12-35)44-31(53)23(14-17(2)3)42-25(48)16-40-28(50)20(7-11-34)41-24(47)15-39-27(49)19(37)6-10-33/h17-23,26,46H,5-16,33-37H2,1-4H3,(H,38,54)(H,39,49)(H,40,50)(H,41,47)(H,42,48)(H,43,51)(H,44,53)(H,45,52). The first-order valence-electron chi connectivity index (χ1n) is 18.0. The Kier molecular flexibility index (Phi) is 24.9. The summed E-state index contributed by atoms with van der Waals surface area (Å²) >= 11 is 0. The average molecular weight is 774 g/mol. The molecule has 0 radical (unpaired) electrons. The number of carbonyl (C=O) groups is 8. The topological polar surface area (TPSA) is 383 Å². The van der Waals surface area contributed by atoms with E-state index in [1.165, 1.54) is 6.92 Å². The number of nitrogens with one attached hydrogen (secondary N) is 8. The molecule has 0 aromatic rings. The maximum atomic E-state index is 13.4. The predicted octanol–water partition coefficient (Wildman–Crippen LogP) is -7.07. The van der Waals surface area contributed by atoms with Crippen molar-refractivity contribution >= 4 is 47.3 Å². The van der Waals surface area contributed by atoms with Gasteiger partial charge in [0, 0.05) is 6.54 Å². The van der Waals surface area contributed by atoms with E-state index in [0.29, 0.717) is 0 Å². The molecule has 0 aliphatic heterocycles. The van der Waals surface area contributed by atoms with Crippen LogP contribution >= 0.6 is 0 Å². The summed E-state index contributed by atoms with van der Waals surface area (Å²) in [4.78, 5) is 102. The molecule has 0 rings (SSSR count). The van der Waals surface area contributed by atoms with Crippen LogP contribution in [0.25, 0.3) is 0 Å². The van der Waals surface area contributed by atoms with Crippen LogP contribution in [0.1, 0.15) is 59.8 Å². The predicted molar refractivity (Wildman–Crippen MR) is 198 cm³/mol. The Morgan fingerprint density at radius 3 is 1.35 bits per heavy atom. The number of amides is 8. The summed E-state index contributed by atoms with van der Waals surface area (Å²) in [5, 5.41) is 29.7. The largest absolute Gasteiger partial charge is 0.391 e. The molecule has 22 nitrogen and oxygen atoms in total. The Bertz CT molecular complexity index is 1240. The molecule has 0 aromatic carbocycles. The summed E-state index contributed by atoms with van der Waals surface area (Å²) < 4.78 is 0. The quantitative estimate of drug-likeness (QED) is 0.0369. The van der Waals surface area contributed by atoms with Crippen LogP contribution in [-0.2, 0) is 38.4 Å². The number of aliphatic hydroxyl groups is 1. The van der Waals surface area contributed by atoms with E-state index in [0.717, 1.165) is 0 Å². The summed E-state index contributed by atoms with van der Waals surface area (Å²) in [7, 11) is 0. The molecule has 0 aromatic heterocycles. The van der Waals surface area contributed by atoms with Crippen LogP contribution in [0, 0.1) is 5.92 Å². The summed E-state index contributed by atoms with van der Waals surface area (Å²) in [6.45, 7) is 5.86. The van der Waals surface area contributed by atoms with Crippen molar-refractivity contribution in [2.45, 2.75) is 102 Å². The fraction of sp³-hybridized carbons (Fsp3) is 0.750. The number of rotatable bonds is 27. The first-order chi connectivity index (χ1) is 25.4. The van der Waals surface area contributed by atoms with E-state index in [2.05, 4.69) is 42.5 Å². The van der Waals surface area contributed by atoms with Crippen LogP contribution < -0.4 is 71.2 Å². The minimum Gasteiger partial charge on any atom is -0.391 e. The SMILES string of the molecule is CCNC(=O)C(NC(=O)C(CCN)NC(=O)C(CCN)NC(=O)C(CC(C)C)NC(=O)CNC(=O)C(CCN)NC(=O)CNC(=O)C(N)CCN)C(C)O. The molecule has 7 unspecified atom stereocenters. The third kappa shape index (κ3) is 19.6. The van der Waals surface area contributed by atoms with Gasteiger partial charge in [-0.05, 0) is 78.0 Å². The van der Waals surface area contributed by atoms with Crippen molar-refractivity contribution in [3.05, 3.63) is 0 Å². The van der Waals surface area contributed by atoms with Gasteiger partial charge >= 0.3 is 0 Å². The van der Waals surface area contributed by atoms with Gasteiger partial charge in [0.15, 0.2) is 0 Å². The van der Waals surface area contributed by atoms with Crippen LogP contribution in [0.2, 0.25) is 0 Å². The molecule has 310 valence electrons. The van der Waals surface area contributed by atoms with Crippen molar-refractivity contribution in [1.82, 2.24) is 42.5 Å². The Balaban J connectivity index is 5.59. The van der Waals surface area contributed by atoms with E-state index in [9.17, 15) is 43.5 Å². The second-order valence-corrected chi connectivity index (χ2v) is 13.0. The summed E-state index contributed by atoms with van der Waals surface area (Å²) in [6, 6.07) is -7.01. The lowest BCUT2D eigenvalue weighted by Gasteiger charge is -2.27. The van der Waals surface area contributed by atoms with E-state index in [1.54, 1.807) is 20.8 Å². The second kappa shape index (κ2) is 27.2. The lowest BCUT2D eigenvalue weighted by molar-refractivity contribution is -0.135. The minimum absolute atomic E-state index is 0.00259. The third-order valence-electron chi connectivity index (χ3n) is 7.72. The third-order valence-corrected chi connectivity index (χ3v) is 7.72. The summed E-state index contributed by atoms with van der Waals surface area (Å²) in [5.74, 6) is -5.88. The first kappa shape index (κ1) is 49.5. The maximum absolute atomic E-state index is 13.4. The van der Waals surface area contributed by atoms with Crippen molar-refractivity contribution < 1.29 is 43.5 Å². The molecule has 0 saturated carbocycles. The van der Waals surface area contributed by atoms with Crippen LogP contribution in [-0.4, -0.2) is 141 Å². The van der Waals surface area contributed by atoms with Crippen LogP contribution in [0.5, 0.6) is 0 Å². The van der Waals surface area contributed by atoms with E-state index in [1.807, 2.05) is 0 Å². The van der Waals surface area contributed by atoms with E-state index < -0.39 is 103 Å². The van der Waals surface area contributed by atoms with Gasteiger partial charge < -0.3 is 76.3 Å². The number of carbonyl (C=O) groups excluding carboxylic acids is 8. The van der Waals surface area contributed by atoms with E-state index >= 15 is 0 Å². The summed E-state index contributed by atoms with van der Waals surface area (Å²) in [5.41, 5.74) is 28.0. The Labute approximate surface area is 315 Å². The molecule has 8 amide bonds. The molecule has 0 aliphatic carbocycles. The normalized spacial score (nSPS) is 14.9. The zero-order valence-electron chi connectivity index (χ0n) is 31.7. The smallest absolute Gasteiger partial charge is 0.245 e. The lowest BCUT2D eigenvalue weighted by Crippen LogP contribution is -2.60. The van der Waals surface area contributed by atoms with Gasteiger partial charge in [0.1, 0.15) is 30.2 Å². The van der Waals surface area contributed by atoms with Gasteiger partial charge in [-0.2, -0.15) is 0 Å². The van der Waals surface area contributed by atoms with Crippen LogP contribution in [0.3, 0.4) is 0 Å². The monoisotopic (exact) mass is 773 g/mol. The highest BCUT2D eigenvalue weighted by Crippen LogP contribution is 2.07. The average Bonchev–Trinajstić information content (AvgIpc) is 3.10. The fourth-order valence-corrected chi connectivity index (χ4v) is 4.89. The van der Waals surface area contributed by atoms with Crippen LogP contribution in [0.4, 0.5) is 0 Å². The number of nitrogens with two attached hydrogens (primary N) is 5. The van der Waals surface area contributed by atoms with Gasteiger partial charge in [0.05, 0.1) is 25.2 Å². The highest BCUT2D eigenvalue weighted by atomic mass is 16.3. The Hall–Kier alpha value is -4.48. The molecular weight excluding hydrogens is 710 g/mol. The Morgan fingerprint density at radius 1 is 0.519 bits per heavy atom. The molecular formula is C32H63N13O9. The van der Waals surface area contributed by atoms with Gasteiger partial charge in [0.25, 0.3) is 0 Å². The molecule has 19 N–H and O–H groups in total. The molecule has 0 heterocycles. The zero-order chi connectivity index (χ0) is 41.4. The van der Waals surface area contributed by atoms with E-state index in [-0.39, 0.29) is 70.7 Å². The molecule has 0 saturated heterocycles. The molecule has 0 fully saturated rings. The molecule has 54 heavy (non-hydrogen) atoms. The van der Waals surface area contributed by atoms with E-state index in [4.69, 9.17) is 28.7 Å². The van der Waals surface area contributed by atoms with Crippen LogP contribution in [0.15, 0.2) is 0 Å². The second-order valence-electron chi connectivity index (χ2n) is 13.0. The molecule has 0 bridgehead atoms. The lowest BCUT2D eigenvalue weighted by atomic mass is 10.0. The highest BCUT2D eigenvalue weighted by Gasteiger charge is 2.32. The minimum atomic E-state index is -1.31. The van der Waals surface area contributed by atoms with Crippen molar-refractivity contribution in [3.8, 4) is 0 Å². The number of aliphatic hydroxyl groups excluding tert-OH is 1.